The Kier molecular flexibility index (Phi) is 2.36. The fourth-order valence-electron chi connectivity index (χ4n) is 1.43. The van der Waals surface area contributed by atoms with Gasteiger partial charge in [0, 0.05) is 12.6 Å². The summed E-state index contributed by atoms with van der Waals surface area (Å²) in [6.45, 7) is 1.38. The largest absolute Gasteiger partial charge is 0.507 e. The number of hydrogen-bond acceptors (Lipinski definition) is 4. The van der Waals surface area contributed by atoms with Crippen LogP contribution < -0.4 is 10.9 Å². The second-order valence-electron chi connectivity index (χ2n) is 3.34. The van der Waals surface area contributed by atoms with Crippen molar-refractivity contribution in [3.63, 3.8) is 0 Å². The highest BCUT2D eigenvalue weighted by molar-refractivity contribution is 5.93. The van der Waals surface area contributed by atoms with Gasteiger partial charge < -0.3 is 14.8 Å². The molecule has 0 saturated carbocycles. The predicted molar refractivity (Wildman–Crippen MR) is 58.5 cm³/mol. The summed E-state index contributed by atoms with van der Waals surface area (Å²) >= 11 is 0. The third-order valence-electron chi connectivity index (χ3n) is 2.04. The van der Waals surface area contributed by atoms with Gasteiger partial charge >= 0.3 is 5.63 Å². The Morgan fingerprint density at radius 1 is 1.38 bits per heavy atom. The zero-order valence-corrected chi connectivity index (χ0v) is 8.48. The van der Waals surface area contributed by atoms with Gasteiger partial charge in [0.1, 0.15) is 11.3 Å². The molecule has 2 N–H and O–H groups in total. The van der Waals surface area contributed by atoms with Crippen LogP contribution in [0.2, 0.25) is 0 Å². The van der Waals surface area contributed by atoms with Crippen molar-refractivity contribution in [2.75, 3.05) is 5.32 Å². The van der Waals surface area contributed by atoms with Crippen molar-refractivity contribution in [1.29, 1.82) is 0 Å². The van der Waals surface area contributed by atoms with Crippen LogP contribution in [0.1, 0.15) is 6.92 Å². The van der Waals surface area contributed by atoms with Crippen LogP contribution in [-0.2, 0) is 4.79 Å². The maximum Gasteiger partial charge on any atom is 0.339 e. The highest BCUT2D eigenvalue weighted by Crippen LogP contribution is 2.25. The predicted octanol–water partition coefficient (Wildman–Crippen LogP) is 1.46. The smallest absolute Gasteiger partial charge is 0.339 e. The third kappa shape index (κ3) is 1.88. The molecule has 1 amide bonds. The molecule has 82 valence electrons. The molecule has 1 aromatic carbocycles. The van der Waals surface area contributed by atoms with E-state index in [-0.39, 0.29) is 17.2 Å². The zero-order valence-electron chi connectivity index (χ0n) is 8.48. The number of benzene rings is 1. The molecule has 2 aromatic rings. The van der Waals surface area contributed by atoms with Crippen LogP contribution in [-0.4, -0.2) is 11.0 Å². The second kappa shape index (κ2) is 3.69. The molecule has 1 heterocycles. The summed E-state index contributed by atoms with van der Waals surface area (Å²) in [6.07, 6.45) is 0. The van der Waals surface area contributed by atoms with Gasteiger partial charge in [0.05, 0.1) is 11.5 Å². The maximum absolute atomic E-state index is 11.0. The number of carbonyl (C=O) groups excluding carboxylic acids is 1. The van der Waals surface area contributed by atoms with E-state index in [0.717, 1.165) is 6.07 Å². The van der Waals surface area contributed by atoms with E-state index in [9.17, 15) is 14.7 Å². The molecule has 0 aliphatic rings. The molecule has 0 bridgehead atoms. The molecule has 0 radical (unpaired) electrons. The summed E-state index contributed by atoms with van der Waals surface area (Å²) in [7, 11) is 0. The molecule has 5 nitrogen and oxygen atoms in total. The Hall–Kier alpha value is -2.30. The minimum Gasteiger partial charge on any atom is -0.507 e. The van der Waals surface area contributed by atoms with E-state index < -0.39 is 5.63 Å². The number of hydrogen-bond donors (Lipinski definition) is 2. The fraction of sp³-hybridized carbons (Fsp3) is 0.0909. The van der Waals surface area contributed by atoms with Gasteiger partial charge in [-0.25, -0.2) is 4.79 Å². The Morgan fingerprint density at radius 3 is 2.81 bits per heavy atom. The van der Waals surface area contributed by atoms with Crippen molar-refractivity contribution < 1.29 is 14.3 Å². The molecule has 0 spiro atoms. The van der Waals surface area contributed by atoms with Gasteiger partial charge in [0.15, 0.2) is 0 Å². The summed E-state index contributed by atoms with van der Waals surface area (Å²) in [5.74, 6) is -0.380. The lowest BCUT2D eigenvalue weighted by molar-refractivity contribution is -0.114. The van der Waals surface area contributed by atoms with E-state index in [2.05, 4.69) is 5.32 Å². The standard InChI is InChI=1S/C11H9NO4/c1-6(13)12-7-2-3-10-8(4-7)9(14)5-11(15)16-10/h2-5,14H,1H3,(H,12,13). The molecule has 5 heteroatoms. The van der Waals surface area contributed by atoms with Gasteiger partial charge in [0.25, 0.3) is 0 Å². The van der Waals surface area contributed by atoms with Crippen LogP contribution in [0.3, 0.4) is 0 Å². The van der Waals surface area contributed by atoms with Crippen LogP contribution in [0.15, 0.2) is 33.5 Å². The van der Waals surface area contributed by atoms with Crippen molar-refractivity contribution in [3.8, 4) is 5.75 Å². The summed E-state index contributed by atoms with van der Waals surface area (Å²) in [5, 5.41) is 12.5. The molecule has 0 atom stereocenters. The Bertz CT molecular complexity index is 615. The fourth-order valence-corrected chi connectivity index (χ4v) is 1.43. The lowest BCUT2D eigenvalue weighted by Crippen LogP contribution is -2.05. The number of nitrogens with one attached hydrogen (secondary N) is 1. The van der Waals surface area contributed by atoms with Crippen LogP contribution in [0, 0.1) is 0 Å². The Balaban J connectivity index is 2.61. The molecule has 1 aromatic heterocycles. The highest BCUT2D eigenvalue weighted by Gasteiger charge is 2.05. The van der Waals surface area contributed by atoms with E-state index >= 15 is 0 Å². The minimum absolute atomic E-state index is 0.168. The quantitative estimate of drug-likeness (QED) is 0.711. The molecular weight excluding hydrogens is 210 g/mol. The summed E-state index contributed by atoms with van der Waals surface area (Å²) in [5.41, 5.74) is 0.195. The topological polar surface area (TPSA) is 79.5 Å². The number of rotatable bonds is 1. The summed E-state index contributed by atoms with van der Waals surface area (Å²) < 4.78 is 4.87. The number of fused-ring (bicyclic) bond motifs is 1. The van der Waals surface area contributed by atoms with E-state index in [1.165, 1.54) is 19.1 Å². The number of anilines is 1. The first kappa shape index (κ1) is 10.2. The van der Waals surface area contributed by atoms with Crippen molar-refractivity contribution in [1.82, 2.24) is 0 Å². The third-order valence-corrected chi connectivity index (χ3v) is 2.04. The summed E-state index contributed by atoms with van der Waals surface area (Å²) in [6, 6.07) is 5.63. The molecule has 2 rings (SSSR count). The van der Waals surface area contributed by atoms with Gasteiger partial charge in [-0.15, -0.1) is 0 Å². The first-order chi connectivity index (χ1) is 7.56. The molecule has 0 aliphatic carbocycles. The van der Waals surface area contributed by atoms with Crippen molar-refractivity contribution >= 4 is 22.6 Å². The van der Waals surface area contributed by atoms with Gasteiger partial charge in [-0.1, -0.05) is 0 Å². The highest BCUT2D eigenvalue weighted by atomic mass is 16.4. The SMILES string of the molecule is CC(=O)Nc1ccc2oc(=O)cc(O)c2c1. The molecule has 0 aliphatic heterocycles. The van der Waals surface area contributed by atoms with E-state index in [1.807, 2.05) is 0 Å². The van der Waals surface area contributed by atoms with Crippen molar-refractivity contribution in [3.05, 3.63) is 34.7 Å². The average molecular weight is 219 g/mol. The van der Waals surface area contributed by atoms with Crippen LogP contribution in [0.4, 0.5) is 5.69 Å². The lowest BCUT2D eigenvalue weighted by Gasteiger charge is -2.04. The van der Waals surface area contributed by atoms with E-state index in [1.54, 1.807) is 6.07 Å². The average Bonchev–Trinajstić information content (AvgIpc) is 2.18. The second-order valence-corrected chi connectivity index (χ2v) is 3.34. The first-order valence-electron chi connectivity index (χ1n) is 4.61. The molecule has 0 saturated heterocycles. The Morgan fingerprint density at radius 2 is 2.12 bits per heavy atom. The molecule has 0 fully saturated rings. The normalized spacial score (nSPS) is 10.3. The Labute approximate surface area is 90.3 Å². The van der Waals surface area contributed by atoms with Crippen LogP contribution in [0.25, 0.3) is 11.0 Å². The maximum atomic E-state index is 11.0. The summed E-state index contributed by atoms with van der Waals surface area (Å²) in [4.78, 5) is 21.8. The monoisotopic (exact) mass is 219 g/mol. The van der Waals surface area contributed by atoms with Crippen molar-refractivity contribution in [2.24, 2.45) is 0 Å². The zero-order chi connectivity index (χ0) is 11.7. The molecule has 0 unspecified atom stereocenters. The van der Waals surface area contributed by atoms with Crippen LogP contribution in [0.5, 0.6) is 5.75 Å². The van der Waals surface area contributed by atoms with Crippen LogP contribution >= 0.6 is 0 Å². The number of aromatic hydroxyl groups is 1. The number of amides is 1. The molecular formula is C11H9NO4. The number of carbonyl (C=O) groups is 1. The van der Waals surface area contributed by atoms with E-state index in [0.29, 0.717) is 11.1 Å². The van der Waals surface area contributed by atoms with Gasteiger partial charge in [-0.05, 0) is 18.2 Å². The lowest BCUT2D eigenvalue weighted by atomic mass is 10.2. The van der Waals surface area contributed by atoms with Crippen molar-refractivity contribution in [2.45, 2.75) is 6.92 Å². The van der Waals surface area contributed by atoms with E-state index in [4.69, 9.17) is 4.42 Å². The van der Waals surface area contributed by atoms with Gasteiger partial charge in [-0.3, -0.25) is 4.79 Å². The van der Waals surface area contributed by atoms with Gasteiger partial charge in [0.2, 0.25) is 5.91 Å². The first-order valence-corrected chi connectivity index (χ1v) is 4.61. The van der Waals surface area contributed by atoms with Gasteiger partial charge in [-0.2, -0.15) is 0 Å². The minimum atomic E-state index is -0.614. The molecule has 16 heavy (non-hydrogen) atoms.